The van der Waals surface area contributed by atoms with Crippen LogP contribution in [0.5, 0.6) is 11.5 Å². The van der Waals surface area contributed by atoms with Gasteiger partial charge in [0, 0.05) is 5.56 Å². The van der Waals surface area contributed by atoms with Crippen molar-refractivity contribution >= 4 is 5.91 Å². The topological polar surface area (TPSA) is 47.6 Å². The number of rotatable bonds is 5. The summed E-state index contributed by atoms with van der Waals surface area (Å²) in [6.07, 6.45) is 0. The third kappa shape index (κ3) is 4.03. The maximum absolute atomic E-state index is 12.4. The lowest BCUT2D eigenvalue weighted by atomic mass is 10.0. The molecule has 4 heteroatoms. The van der Waals surface area contributed by atoms with Crippen LogP contribution in [0.1, 0.15) is 40.0 Å². The van der Waals surface area contributed by atoms with E-state index >= 15 is 0 Å². The van der Waals surface area contributed by atoms with Crippen LogP contribution in [-0.2, 0) is 0 Å². The molecule has 122 valence electrons. The number of carbonyl (C=O) groups excluding carboxylic acids is 1. The molecule has 2 aromatic carbocycles. The maximum atomic E-state index is 12.4. The van der Waals surface area contributed by atoms with E-state index in [9.17, 15) is 4.79 Å². The van der Waals surface area contributed by atoms with E-state index in [-0.39, 0.29) is 11.9 Å². The summed E-state index contributed by atoms with van der Waals surface area (Å²) in [5, 5.41) is 3.02. The molecule has 1 N–H and O–H groups in total. The Labute approximate surface area is 137 Å². The van der Waals surface area contributed by atoms with Gasteiger partial charge in [0.25, 0.3) is 5.91 Å². The lowest BCUT2D eigenvalue weighted by molar-refractivity contribution is 0.0939. The van der Waals surface area contributed by atoms with E-state index in [4.69, 9.17) is 9.47 Å². The number of ether oxygens (including phenoxy) is 2. The first-order valence-electron chi connectivity index (χ1n) is 7.55. The molecule has 0 saturated carbocycles. The summed E-state index contributed by atoms with van der Waals surface area (Å²) >= 11 is 0. The molecule has 0 aliphatic carbocycles. The largest absolute Gasteiger partial charge is 0.493 e. The molecule has 0 bridgehead atoms. The first kappa shape index (κ1) is 16.9. The molecule has 0 fully saturated rings. The zero-order chi connectivity index (χ0) is 17.0. The Morgan fingerprint density at radius 2 is 1.57 bits per heavy atom. The average Bonchev–Trinajstić information content (AvgIpc) is 2.53. The van der Waals surface area contributed by atoms with Crippen molar-refractivity contribution in [2.75, 3.05) is 14.2 Å². The molecule has 2 rings (SSSR count). The third-order valence-corrected chi connectivity index (χ3v) is 3.74. The van der Waals surface area contributed by atoms with Gasteiger partial charge in [-0.25, -0.2) is 0 Å². The zero-order valence-electron chi connectivity index (χ0n) is 14.3. The number of aryl methyl sites for hydroxylation is 2. The van der Waals surface area contributed by atoms with Crippen molar-refractivity contribution in [2.24, 2.45) is 0 Å². The molecular formula is C19H23NO3. The van der Waals surface area contributed by atoms with Crippen LogP contribution in [0.3, 0.4) is 0 Å². The summed E-state index contributed by atoms with van der Waals surface area (Å²) in [5.74, 6) is 1.24. The van der Waals surface area contributed by atoms with E-state index in [1.807, 2.05) is 51.1 Å². The first-order valence-corrected chi connectivity index (χ1v) is 7.55. The van der Waals surface area contributed by atoms with Gasteiger partial charge in [0.1, 0.15) is 0 Å². The number of methoxy groups -OCH3 is 2. The van der Waals surface area contributed by atoms with Crippen LogP contribution in [0, 0.1) is 13.8 Å². The molecule has 1 unspecified atom stereocenters. The van der Waals surface area contributed by atoms with Gasteiger partial charge >= 0.3 is 0 Å². The van der Waals surface area contributed by atoms with E-state index in [1.165, 1.54) is 0 Å². The van der Waals surface area contributed by atoms with Gasteiger partial charge in [0.05, 0.1) is 20.3 Å². The van der Waals surface area contributed by atoms with Crippen molar-refractivity contribution in [1.29, 1.82) is 0 Å². The number of carbonyl (C=O) groups is 1. The number of hydrogen-bond acceptors (Lipinski definition) is 3. The highest BCUT2D eigenvalue weighted by molar-refractivity contribution is 5.94. The van der Waals surface area contributed by atoms with Crippen molar-refractivity contribution in [3.05, 3.63) is 58.7 Å². The number of benzene rings is 2. The Morgan fingerprint density at radius 3 is 2.13 bits per heavy atom. The normalized spacial score (nSPS) is 11.7. The molecule has 2 aromatic rings. The standard InChI is InChI=1S/C19H23NO3/c1-12-8-13(2)10-16(9-12)19(21)20-14(3)15-6-7-17(22-4)18(11-15)23-5/h6-11,14H,1-5H3,(H,20,21). The molecule has 0 radical (unpaired) electrons. The predicted octanol–water partition coefficient (Wildman–Crippen LogP) is 3.81. The van der Waals surface area contributed by atoms with Crippen molar-refractivity contribution < 1.29 is 14.3 Å². The highest BCUT2D eigenvalue weighted by atomic mass is 16.5. The molecule has 23 heavy (non-hydrogen) atoms. The Balaban J connectivity index is 2.18. The minimum Gasteiger partial charge on any atom is -0.493 e. The smallest absolute Gasteiger partial charge is 0.251 e. The fraction of sp³-hybridized carbons (Fsp3) is 0.316. The SMILES string of the molecule is COc1ccc(C(C)NC(=O)c2cc(C)cc(C)c2)cc1OC. The van der Waals surface area contributed by atoms with Gasteiger partial charge in [-0.15, -0.1) is 0 Å². The summed E-state index contributed by atoms with van der Waals surface area (Å²) < 4.78 is 10.5. The van der Waals surface area contributed by atoms with Crippen LogP contribution < -0.4 is 14.8 Å². The zero-order valence-corrected chi connectivity index (χ0v) is 14.3. The Kier molecular flexibility index (Phi) is 5.27. The van der Waals surface area contributed by atoms with Crippen LogP contribution in [0.25, 0.3) is 0 Å². The number of nitrogens with one attached hydrogen (secondary N) is 1. The molecular weight excluding hydrogens is 290 g/mol. The second-order valence-electron chi connectivity index (χ2n) is 5.69. The van der Waals surface area contributed by atoms with Gasteiger partial charge in [-0.05, 0) is 50.6 Å². The molecule has 0 aromatic heterocycles. The molecule has 0 aliphatic heterocycles. The first-order chi connectivity index (χ1) is 10.9. The molecule has 0 spiro atoms. The van der Waals surface area contributed by atoms with E-state index < -0.39 is 0 Å². The summed E-state index contributed by atoms with van der Waals surface area (Å²) in [5.41, 5.74) is 3.79. The monoisotopic (exact) mass is 313 g/mol. The summed E-state index contributed by atoms with van der Waals surface area (Å²) in [4.78, 5) is 12.4. The van der Waals surface area contributed by atoms with Gasteiger partial charge in [0.2, 0.25) is 0 Å². The van der Waals surface area contributed by atoms with Crippen molar-refractivity contribution in [2.45, 2.75) is 26.8 Å². The fourth-order valence-electron chi connectivity index (χ4n) is 2.59. The number of amides is 1. The van der Waals surface area contributed by atoms with Gasteiger partial charge < -0.3 is 14.8 Å². The van der Waals surface area contributed by atoms with Gasteiger partial charge in [0.15, 0.2) is 11.5 Å². The molecule has 0 aliphatic rings. The van der Waals surface area contributed by atoms with Crippen LogP contribution in [0.15, 0.2) is 36.4 Å². The fourth-order valence-corrected chi connectivity index (χ4v) is 2.59. The summed E-state index contributed by atoms with van der Waals surface area (Å²) in [6, 6.07) is 11.3. The van der Waals surface area contributed by atoms with Crippen LogP contribution in [-0.4, -0.2) is 20.1 Å². The average molecular weight is 313 g/mol. The molecule has 0 heterocycles. The summed E-state index contributed by atoms with van der Waals surface area (Å²) in [7, 11) is 3.20. The molecule has 1 atom stereocenters. The highest BCUT2D eigenvalue weighted by Crippen LogP contribution is 2.30. The quantitative estimate of drug-likeness (QED) is 0.913. The van der Waals surface area contributed by atoms with Crippen LogP contribution in [0.2, 0.25) is 0 Å². The molecule has 4 nitrogen and oxygen atoms in total. The Bertz CT molecular complexity index is 690. The Hall–Kier alpha value is -2.49. The van der Waals surface area contributed by atoms with Crippen molar-refractivity contribution in [3.63, 3.8) is 0 Å². The van der Waals surface area contributed by atoms with Crippen molar-refractivity contribution in [1.82, 2.24) is 5.32 Å². The van der Waals surface area contributed by atoms with Crippen molar-refractivity contribution in [3.8, 4) is 11.5 Å². The third-order valence-electron chi connectivity index (χ3n) is 3.74. The highest BCUT2D eigenvalue weighted by Gasteiger charge is 2.14. The minimum absolute atomic E-state index is 0.0842. The lowest BCUT2D eigenvalue weighted by Crippen LogP contribution is -2.26. The van der Waals surface area contributed by atoms with Gasteiger partial charge in [-0.1, -0.05) is 23.3 Å². The second kappa shape index (κ2) is 7.18. The predicted molar refractivity (Wildman–Crippen MR) is 91.3 cm³/mol. The Morgan fingerprint density at radius 1 is 0.957 bits per heavy atom. The number of hydrogen-bond donors (Lipinski definition) is 1. The maximum Gasteiger partial charge on any atom is 0.251 e. The second-order valence-corrected chi connectivity index (χ2v) is 5.69. The summed E-state index contributed by atoms with van der Waals surface area (Å²) in [6.45, 7) is 5.92. The minimum atomic E-state index is -0.136. The van der Waals surface area contributed by atoms with E-state index in [2.05, 4.69) is 11.4 Å². The molecule has 1 amide bonds. The van der Waals surface area contributed by atoms with E-state index in [1.54, 1.807) is 14.2 Å². The molecule has 0 saturated heterocycles. The van der Waals surface area contributed by atoms with E-state index in [0.29, 0.717) is 17.1 Å². The van der Waals surface area contributed by atoms with Gasteiger partial charge in [-0.3, -0.25) is 4.79 Å². The van der Waals surface area contributed by atoms with Crippen LogP contribution in [0.4, 0.5) is 0 Å². The van der Waals surface area contributed by atoms with Crippen LogP contribution >= 0.6 is 0 Å². The van der Waals surface area contributed by atoms with E-state index in [0.717, 1.165) is 16.7 Å². The van der Waals surface area contributed by atoms with Gasteiger partial charge in [-0.2, -0.15) is 0 Å². The lowest BCUT2D eigenvalue weighted by Gasteiger charge is -2.17.